The van der Waals surface area contributed by atoms with Crippen molar-refractivity contribution < 1.29 is 14.1 Å². The first-order valence-corrected chi connectivity index (χ1v) is 5.54. The third kappa shape index (κ3) is 3.02. The smallest absolute Gasteiger partial charge is 0.278 e. The van der Waals surface area contributed by atoms with Crippen LogP contribution in [-0.4, -0.2) is 9.91 Å². The lowest BCUT2D eigenvalue weighted by molar-refractivity contribution is -0.384. The Balaban J connectivity index is 2.45. The first-order valence-electron chi connectivity index (χ1n) is 5.54. The number of pyridine rings is 1. The van der Waals surface area contributed by atoms with Gasteiger partial charge in [0.1, 0.15) is 23.2 Å². The fraction of sp³-hybridized carbons (Fsp3) is 0. The molecule has 9 heteroatoms. The molecule has 0 amide bonds. The number of nitrogens with zero attached hydrogens (tertiary/aromatic N) is 3. The predicted octanol–water partition coefficient (Wildman–Crippen LogP) is 2.08. The van der Waals surface area contributed by atoms with Crippen molar-refractivity contribution in [2.45, 2.75) is 0 Å². The molecule has 0 fully saturated rings. The van der Waals surface area contributed by atoms with Crippen LogP contribution in [0.1, 0.15) is 5.56 Å². The Morgan fingerprint density at radius 2 is 2.24 bits per heavy atom. The van der Waals surface area contributed by atoms with E-state index in [0.717, 1.165) is 18.2 Å². The zero-order chi connectivity index (χ0) is 15.4. The van der Waals surface area contributed by atoms with Gasteiger partial charge in [0, 0.05) is 0 Å². The summed E-state index contributed by atoms with van der Waals surface area (Å²) in [6.07, 6.45) is 0. The fourth-order valence-electron chi connectivity index (χ4n) is 1.53. The van der Waals surface area contributed by atoms with E-state index in [1.165, 1.54) is 12.1 Å². The number of nitro groups is 1. The van der Waals surface area contributed by atoms with E-state index in [4.69, 9.17) is 15.8 Å². The topological polar surface area (TPSA) is 127 Å². The van der Waals surface area contributed by atoms with E-state index in [0.29, 0.717) is 0 Å². The number of hydrogen-bond acceptors (Lipinski definition) is 7. The molecule has 0 spiro atoms. The van der Waals surface area contributed by atoms with Crippen LogP contribution in [0, 0.1) is 27.3 Å². The minimum Gasteiger partial charge on any atom is -0.437 e. The van der Waals surface area contributed by atoms with E-state index in [1.807, 2.05) is 0 Å². The highest BCUT2D eigenvalue weighted by atomic mass is 19.1. The normalized spacial score (nSPS) is 9.76. The Kier molecular flexibility index (Phi) is 3.92. The maximum atomic E-state index is 13.4. The summed E-state index contributed by atoms with van der Waals surface area (Å²) in [5, 5.41) is 19.7. The molecule has 0 bridgehead atoms. The summed E-state index contributed by atoms with van der Waals surface area (Å²) in [5.41, 5.74) is 1.51. The van der Waals surface area contributed by atoms with Gasteiger partial charge >= 0.3 is 0 Å². The molecular formula is C12H8FN5O3. The molecule has 8 nitrogen and oxygen atoms in total. The monoisotopic (exact) mass is 289 g/mol. The molecule has 1 aromatic carbocycles. The van der Waals surface area contributed by atoms with Gasteiger partial charge in [0.2, 0.25) is 5.88 Å². The Hall–Kier alpha value is -3.25. The van der Waals surface area contributed by atoms with Crippen LogP contribution < -0.4 is 16.0 Å². The number of ether oxygens (including phenoxy) is 1. The highest BCUT2D eigenvalue weighted by Gasteiger charge is 2.15. The van der Waals surface area contributed by atoms with Gasteiger partial charge in [-0.25, -0.2) is 10.2 Å². The second-order valence-electron chi connectivity index (χ2n) is 3.78. The maximum absolute atomic E-state index is 13.4. The van der Waals surface area contributed by atoms with Crippen molar-refractivity contribution in [1.82, 2.24) is 4.98 Å². The minimum absolute atomic E-state index is 0.00545. The quantitative estimate of drug-likeness (QED) is 0.501. The first-order chi connectivity index (χ1) is 10.0. The minimum atomic E-state index is -0.766. The van der Waals surface area contributed by atoms with Gasteiger partial charge in [-0.1, -0.05) is 6.07 Å². The summed E-state index contributed by atoms with van der Waals surface area (Å²) < 4.78 is 18.7. The maximum Gasteiger partial charge on any atom is 0.278 e. The predicted molar refractivity (Wildman–Crippen MR) is 69.9 cm³/mol. The largest absolute Gasteiger partial charge is 0.437 e. The van der Waals surface area contributed by atoms with Gasteiger partial charge in [-0.05, 0) is 12.1 Å². The summed E-state index contributed by atoms with van der Waals surface area (Å²) in [4.78, 5) is 14.0. The third-order valence-electron chi connectivity index (χ3n) is 2.45. The van der Waals surface area contributed by atoms with Gasteiger partial charge < -0.3 is 10.2 Å². The highest BCUT2D eigenvalue weighted by molar-refractivity contribution is 5.50. The lowest BCUT2D eigenvalue weighted by Crippen LogP contribution is -2.09. The highest BCUT2D eigenvalue weighted by Crippen LogP contribution is 2.29. The van der Waals surface area contributed by atoms with Crippen LogP contribution in [0.25, 0.3) is 0 Å². The zero-order valence-electron chi connectivity index (χ0n) is 10.4. The molecule has 0 saturated carbocycles. The van der Waals surface area contributed by atoms with Crippen molar-refractivity contribution in [1.29, 1.82) is 5.26 Å². The average molecular weight is 289 g/mol. The van der Waals surface area contributed by atoms with E-state index in [2.05, 4.69) is 10.4 Å². The van der Waals surface area contributed by atoms with E-state index >= 15 is 0 Å². The van der Waals surface area contributed by atoms with Crippen LogP contribution in [0.5, 0.6) is 11.6 Å². The van der Waals surface area contributed by atoms with E-state index in [9.17, 15) is 14.5 Å². The Morgan fingerprint density at radius 3 is 2.86 bits per heavy atom. The van der Waals surface area contributed by atoms with Gasteiger partial charge in [0.15, 0.2) is 5.82 Å². The van der Waals surface area contributed by atoms with Crippen molar-refractivity contribution in [3.05, 3.63) is 51.8 Å². The number of aromatic nitrogens is 1. The van der Waals surface area contributed by atoms with Crippen LogP contribution >= 0.6 is 0 Å². The molecule has 0 radical (unpaired) electrons. The number of hydrogen-bond donors (Lipinski definition) is 2. The number of halogens is 1. The number of hydrazine groups is 1. The molecule has 0 aliphatic heterocycles. The molecule has 0 aliphatic rings. The molecule has 0 unspecified atom stereocenters. The van der Waals surface area contributed by atoms with Crippen molar-refractivity contribution in [2.24, 2.45) is 5.84 Å². The number of benzene rings is 1. The molecular weight excluding hydrogens is 281 g/mol. The van der Waals surface area contributed by atoms with Gasteiger partial charge in [-0.2, -0.15) is 10.2 Å². The molecule has 1 heterocycles. The van der Waals surface area contributed by atoms with Crippen LogP contribution in [0.4, 0.5) is 15.9 Å². The second kappa shape index (κ2) is 5.81. The summed E-state index contributed by atoms with van der Waals surface area (Å²) in [6, 6.07) is 7.56. The zero-order valence-corrected chi connectivity index (χ0v) is 10.4. The van der Waals surface area contributed by atoms with Crippen molar-refractivity contribution >= 4 is 11.5 Å². The molecule has 0 saturated heterocycles. The molecule has 3 N–H and O–H groups in total. The van der Waals surface area contributed by atoms with Crippen LogP contribution in [0.2, 0.25) is 0 Å². The number of nitrogens with two attached hydrogens (primary N) is 1. The molecule has 0 aliphatic carbocycles. The van der Waals surface area contributed by atoms with Gasteiger partial charge in [0.25, 0.3) is 5.69 Å². The first kappa shape index (κ1) is 14.2. The van der Waals surface area contributed by atoms with E-state index < -0.39 is 10.7 Å². The van der Waals surface area contributed by atoms with Gasteiger partial charge in [-0.15, -0.1) is 0 Å². The van der Waals surface area contributed by atoms with Crippen LogP contribution in [0.3, 0.4) is 0 Å². The lowest BCUT2D eigenvalue weighted by atomic mass is 10.2. The Morgan fingerprint density at radius 1 is 1.48 bits per heavy atom. The van der Waals surface area contributed by atoms with Crippen LogP contribution in [0.15, 0.2) is 30.3 Å². The molecule has 2 rings (SSSR count). The number of nitriles is 1. The molecule has 1 aromatic heterocycles. The van der Waals surface area contributed by atoms with Gasteiger partial charge in [-0.3, -0.25) is 10.1 Å². The second-order valence-corrected chi connectivity index (χ2v) is 3.78. The molecule has 106 valence electrons. The standard InChI is InChI=1S/C12H8FN5O3/c13-9-2-1-3-10(8(9)6-14)21-12-5-7(18(19)20)4-11(16-12)17-15/h1-5H,15H2,(H,16,17). The number of nitrogen functional groups attached to an aromatic ring is 1. The lowest BCUT2D eigenvalue weighted by Gasteiger charge is -2.08. The summed E-state index contributed by atoms with van der Waals surface area (Å²) >= 11 is 0. The van der Waals surface area contributed by atoms with Crippen LogP contribution in [-0.2, 0) is 0 Å². The third-order valence-corrected chi connectivity index (χ3v) is 2.45. The van der Waals surface area contributed by atoms with Gasteiger partial charge in [0.05, 0.1) is 17.1 Å². The van der Waals surface area contributed by atoms with Crippen molar-refractivity contribution in [3.8, 4) is 17.7 Å². The summed E-state index contributed by atoms with van der Waals surface area (Å²) in [5.74, 6) is 4.09. The van der Waals surface area contributed by atoms with E-state index in [1.54, 1.807) is 6.07 Å². The van der Waals surface area contributed by atoms with Crippen molar-refractivity contribution in [3.63, 3.8) is 0 Å². The number of nitrogens with one attached hydrogen (secondary N) is 1. The molecule has 21 heavy (non-hydrogen) atoms. The Labute approximate surface area is 117 Å². The number of rotatable bonds is 4. The average Bonchev–Trinajstić information content (AvgIpc) is 2.47. The summed E-state index contributed by atoms with van der Waals surface area (Å²) in [6.45, 7) is 0. The summed E-state index contributed by atoms with van der Waals surface area (Å²) in [7, 11) is 0. The van der Waals surface area contributed by atoms with Crippen molar-refractivity contribution in [2.75, 3.05) is 5.43 Å². The SMILES string of the molecule is N#Cc1c(F)cccc1Oc1cc([N+](=O)[O-])cc(NN)n1. The number of anilines is 1. The Bertz CT molecular complexity index is 744. The van der Waals surface area contributed by atoms with E-state index in [-0.39, 0.29) is 28.7 Å². The fourth-order valence-corrected chi connectivity index (χ4v) is 1.53. The molecule has 0 atom stereocenters. The molecule has 2 aromatic rings.